The van der Waals surface area contributed by atoms with Gasteiger partial charge in [-0.2, -0.15) is 5.10 Å². The molecule has 1 aliphatic rings. The van der Waals surface area contributed by atoms with Crippen molar-refractivity contribution in [2.24, 2.45) is 0 Å². The van der Waals surface area contributed by atoms with Gasteiger partial charge in [-0.05, 0) is 18.8 Å². The van der Waals surface area contributed by atoms with Gasteiger partial charge in [0.15, 0.2) is 5.65 Å². The molecule has 1 fully saturated rings. The van der Waals surface area contributed by atoms with Crippen molar-refractivity contribution in [1.29, 1.82) is 0 Å². The summed E-state index contributed by atoms with van der Waals surface area (Å²) in [5, 5.41) is 18.5. The number of aromatic amines is 1. The van der Waals surface area contributed by atoms with Crippen molar-refractivity contribution >= 4 is 16.7 Å². The highest BCUT2D eigenvalue weighted by Crippen LogP contribution is 2.37. The van der Waals surface area contributed by atoms with Gasteiger partial charge in [0.1, 0.15) is 6.20 Å². The molecule has 0 radical (unpaired) electrons. The first-order valence-electron chi connectivity index (χ1n) is 5.81. The molecule has 0 amide bonds. The lowest BCUT2D eigenvalue weighted by Gasteiger charge is -2.22. The predicted molar refractivity (Wildman–Crippen MR) is 63.3 cm³/mol. The minimum Gasteiger partial charge on any atom is -0.381 e. The van der Waals surface area contributed by atoms with Crippen LogP contribution in [0.3, 0.4) is 0 Å². The maximum Gasteiger partial charge on any atom is 0.291 e. The van der Waals surface area contributed by atoms with Gasteiger partial charge >= 0.3 is 0 Å². The molecule has 0 bridgehead atoms. The van der Waals surface area contributed by atoms with E-state index in [0.717, 1.165) is 23.8 Å². The van der Waals surface area contributed by atoms with Gasteiger partial charge in [-0.1, -0.05) is 0 Å². The van der Waals surface area contributed by atoms with Crippen LogP contribution in [0, 0.1) is 10.1 Å². The number of nitro groups is 1. The maximum atomic E-state index is 11.1. The summed E-state index contributed by atoms with van der Waals surface area (Å²) in [6.45, 7) is 1.28. The molecular weight excluding hydrogens is 236 g/mol. The second-order valence-electron chi connectivity index (χ2n) is 4.33. The minimum absolute atomic E-state index is 0.0794. The third kappa shape index (κ3) is 1.72. The monoisotopic (exact) mass is 248 g/mol. The van der Waals surface area contributed by atoms with E-state index in [-0.39, 0.29) is 16.5 Å². The fourth-order valence-electron chi connectivity index (χ4n) is 2.47. The molecule has 7 nitrogen and oxygen atoms in total. The first-order valence-corrected chi connectivity index (χ1v) is 5.81. The minimum atomic E-state index is -0.371. The summed E-state index contributed by atoms with van der Waals surface area (Å²) in [7, 11) is 0. The van der Waals surface area contributed by atoms with Crippen LogP contribution in [0.2, 0.25) is 0 Å². The van der Waals surface area contributed by atoms with E-state index in [1.807, 2.05) is 0 Å². The quantitative estimate of drug-likeness (QED) is 0.645. The average molecular weight is 248 g/mol. The highest BCUT2D eigenvalue weighted by molar-refractivity contribution is 5.82. The standard InChI is InChI=1S/C11H12N4O3/c16-15(17)9-6-12-11-8(5-13-14-11)10(9)7-1-3-18-4-2-7/h5-7H,1-4H2,(H,12,13,14). The molecule has 0 spiro atoms. The van der Waals surface area contributed by atoms with Crippen LogP contribution in [0.1, 0.15) is 24.3 Å². The van der Waals surface area contributed by atoms with Crippen LogP contribution < -0.4 is 0 Å². The number of nitrogens with one attached hydrogen (secondary N) is 1. The molecule has 3 heterocycles. The van der Waals surface area contributed by atoms with Gasteiger partial charge in [0.05, 0.1) is 11.1 Å². The van der Waals surface area contributed by atoms with Gasteiger partial charge in [-0.15, -0.1) is 0 Å². The van der Waals surface area contributed by atoms with E-state index < -0.39 is 0 Å². The van der Waals surface area contributed by atoms with Gasteiger partial charge < -0.3 is 4.74 Å². The Morgan fingerprint density at radius 2 is 2.17 bits per heavy atom. The predicted octanol–water partition coefficient (Wildman–Crippen LogP) is 1.76. The Labute approximate surface area is 102 Å². The van der Waals surface area contributed by atoms with E-state index in [9.17, 15) is 10.1 Å². The molecule has 3 rings (SSSR count). The van der Waals surface area contributed by atoms with Gasteiger partial charge in [0.25, 0.3) is 5.69 Å². The second-order valence-corrected chi connectivity index (χ2v) is 4.33. The summed E-state index contributed by atoms with van der Waals surface area (Å²) in [6, 6.07) is 0. The number of hydrogen-bond donors (Lipinski definition) is 1. The zero-order chi connectivity index (χ0) is 12.5. The normalized spacial score (nSPS) is 17.1. The molecule has 1 aliphatic heterocycles. The third-order valence-electron chi connectivity index (χ3n) is 3.33. The van der Waals surface area contributed by atoms with E-state index in [1.165, 1.54) is 6.20 Å². The van der Waals surface area contributed by atoms with Crippen molar-refractivity contribution in [1.82, 2.24) is 15.2 Å². The zero-order valence-electron chi connectivity index (χ0n) is 9.63. The Hall–Kier alpha value is -2.02. The van der Waals surface area contributed by atoms with Crippen molar-refractivity contribution in [3.05, 3.63) is 28.1 Å². The van der Waals surface area contributed by atoms with Gasteiger partial charge in [0.2, 0.25) is 0 Å². The molecule has 1 saturated heterocycles. The van der Waals surface area contributed by atoms with Gasteiger partial charge in [-0.3, -0.25) is 15.2 Å². The number of ether oxygens (including phenoxy) is 1. The average Bonchev–Trinajstić information content (AvgIpc) is 2.86. The zero-order valence-corrected chi connectivity index (χ0v) is 9.63. The van der Waals surface area contributed by atoms with Crippen LogP contribution in [0.15, 0.2) is 12.4 Å². The topological polar surface area (TPSA) is 93.9 Å². The number of hydrogen-bond acceptors (Lipinski definition) is 5. The second kappa shape index (κ2) is 4.34. The Morgan fingerprint density at radius 1 is 1.39 bits per heavy atom. The van der Waals surface area contributed by atoms with E-state index in [2.05, 4.69) is 15.2 Å². The molecule has 2 aromatic heterocycles. The van der Waals surface area contributed by atoms with E-state index in [0.29, 0.717) is 18.9 Å². The summed E-state index contributed by atoms with van der Waals surface area (Å²) in [6.07, 6.45) is 4.52. The van der Waals surface area contributed by atoms with Crippen LogP contribution in [0.5, 0.6) is 0 Å². The fraction of sp³-hybridized carbons (Fsp3) is 0.455. The molecule has 2 aromatic rings. The number of fused-ring (bicyclic) bond motifs is 1. The molecule has 1 N–H and O–H groups in total. The molecule has 18 heavy (non-hydrogen) atoms. The number of nitrogens with zero attached hydrogens (tertiary/aromatic N) is 3. The van der Waals surface area contributed by atoms with Crippen LogP contribution in [0.4, 0.5) is 5.69 Å². The highest BCUT2D eigenvalue weighted by Gasteiger charge is 2.27. The summed E-state index contributed by atoms with van der Waals surface area (Å²) < 4.78 is 5.31. The van der Waals surface area contributed by atoms with Crippen molar-refractivity contribution in [2.45, 2.75) is 18.8 Å². The summed E-state index contributed by atoms with van der Waals surface area (Å²) in [4.78, 5) is 14.8. The first kappa shape index (κ1) is 11.1. The number of H-pyrrole nitrogens is 1. The molecule has 0 unspecified atom stereocenters. The Bertz CT molecular complexity index is 589. The van der Waals surface area contributed by atoms with Gasteiger partial charge in [-0.25, -0.2) is 4.98 Å². The van der Waals surface area contributed by atoms with Crippen molar-refractivity contribution in [3.8, 4) is 0 Å². The molecular formula is C11H12N4O3. The molecule has 0 atom stereocenters. The highest BCUT2D eigenvalue weighted by atomic mass is 16.6. The lowest BCUT2D eigenvalue weighted by Crippen LogP contribution is -2.15. The SMILES string of the molecule is O=[N+]([O-])c1cnc2[nH]ncc2c1C1CCOCC1. The van der Waals surface area contributed by atoms with Crippen molar-refractivity contribution in [3.63, 3.8) is 0 Å². The fourth-order valence-corrected chi connectivity index (χ4v) is 2.47. The molecule has 7 heteroatoms. The lowest BCUT2D eigenvalue weighted by atomic mass is 9.89. The summed E-state index contributed by atoms with van der Waals surface area (Å²) in [5.41, 5.74) is 1.42. The van der Waals surface area contributed by atoms with Crippen LogP contribution in [-0.4, -0.2) is 33.3 Å². The largest absolute Gasteiger partial charge is 0.381 e. The van der Waals surface area contributed by atoms with Crippen LogP contribution in [-0.2, 0) is 4.74 Å². The number of aromatic nitrogens is 3. The summed E-state index contributed by atoms with van der Waals surface area (Å²) >= 11 is 0. The Morgan fingerprint density at radius 3 is 2.89 bits per heavy atom. The Balaban J connectivity index is 2.18. The van der Waals surface area contributed by atoms with Crippen LogP contribution in [0.25, 0.3) is 11.0 Å². The van der Waals surface area contributed by atoms with Crippen molar-refractivity contribution < 1.29 is 9.66 Å². The van der Waals surface area contributed by atoms with E-state index >= 15 is 0 Å². The molecule has 0 aromatic carbocycles. The third-order valence-corrected chi connectivity index (χ3v) is 3.33. The van der Waals surface area contributed by atoms with Crippen LogP contribution >= 0.6 is 0 Å². The van der Waals surface area contributed by atoms with Crippen molar-refractivity contribution in [2.75, 3.05) is 13.2 Å². The number of pyridine rings is 1. The summed E-state index contributed by atoms with van der Waals surface area (Å²) in [5.74, 6) is 0.141. The van der Waals surface area contributed by atoms with E-state index in [4.69, 9.17) is 4.74 Å². The molecule has 94 valence electrons. The Kier molecular flexibility index (Phi) is 2.67. The van der Waals surface area contributed by atoms with E-state index in [1.54, 1.807) is 6.20 Å². The van der Waals surface area contributed by atoms with Gasteiger partial charge in [0, 0.05) is 24.2 Å². The molecule has 0 aliphatic carbocycles. The maximum absolute atomic E-state index is 11.1. The molecule has 0 saturated carbocycles. The lowest BCUT2D eigenvalue weighted by molar-refractivity contribution is -0.386. The number of rotatable bonds is 2. The first-order chi connectivity index (χ1) is 8.77. The smallest absolute Gasteiger partial charge is 0.291 e.